The van der Waals surface area contributed by atoms with Gasteiger partial charge in [0.1, 0.15) is 0 Å². The first kappa shape index (κ1) is 11.1. The highest BCUT2D eigenvalue weighted by atomic mass is 127. The second kappa shape index (κ2) is 5.07. The fourth-order valence-corrected chi connectivity index (χ4v) is 1.95. The van der Waals surface area contributed by atoms with Crippen LogP contribution in [0.1, 0.15) is 13.8 Å². The van der Waals surface area contributed by atoms with Crippen molar-refractivity contribution in [3.63, 3.8) is 0 Å². The minimum absolute atomic E-state index is 0.0138. The first-order valence-electron chi connectivity index (χ1n) is 3.94. The molecule has 0 aliphatic carbocycles. The Kier molecular flexibility index (Phi) is 4.34. The van der Waals surface area contributed by atoms with E-state index in [0.29, 0.717) is 4.90 Å². The van der Waals surface area contributed by atoms with Crippen LogP contribution in [0.2, 0.25) is 0 Å². The van der Waals surface area contributed by atoms with Crippen molar-refractivity contribution in [2.75, 3.05) is 0 Å². The largest absolute Gasteiger partial charge is 0.284 e. The normalized spacial score (nSPS) is 13.2. The molecule has 0 spiro atoms. The van der Waals surface area contributed by atoms with Crippen LogP contribution < -0.4 is 0 Å². The van der Waals surface area contributed by atoms with E-state index in [-0.39, 0.29) is 6.10 Å². The van der Waals surface area contributed by atoms with Gasteiger partial charge in [-0.3, -0.25) is 4.18 Å². The summed E-state index contributed by atoms with van der Waals surface area (Å²) < 4.78 is 17.7. The van der Waals surface area contributed by atoms with Crippen LogP contribution in [0.5, 0.6) is 0 Å². The monoisotopic (exact) mass is 310 g/mol. The number of rotatable bonds is 3. The fraction of sp³-hybridized carbons (Fsp3) is 0.333. The van der Waals surface area contributed by atoms with Gasteiger partial charge in [-0.2, -0.15) is 0 Å². The molecule has 1 rings (SSSR count). The third-order valence-electron chi connectivity index (χ3n) is 1.29. The summed E-state index contributed by atoms with van der Waals surface area (Å²) in [5, 5.41) is 0. The Morgan fingerprint density at radius 1 is 1.31 bits per heavy atom. The quantitative estimate of drug-likeness (QED) is 0.803. The standard InChI is InChI=1S/C9H11IO2S/c1-7(2)12-13(11)9-5-3-8(10)4-6-9/h3-7H,1-2H3/t13-/m1/s1. The summed E-state index contributed by atoms with van der Waals surface area (Å²) in [6.45, 7) is 3.73. The van der Waals surface area contributed by atoms with Gasteiger partial charge in [-0.25, -0.2) is 4.21 Å². The van der Waals surface area contributed by atoms with Gasteiger partial charge in [-0.05, 0) is 60.7 Å². The second-order valence-electron chi connectivity index (χ2n) is 2.83. The Morgan fingerprint density at radius 2 is 1.85 bits per heavy atom. The van der Waals surface area contributed by atoms with Gasteiger partial charge >= 0.3 is 0 Å². The molecule has 0 aromatic heterocycles. The molecule has 1 aromatic carbocycles. The highest BCUT2D eigenvalue weighted by Gasteiger charge is 2.05. The molecule has 13 heavy (non-hydrogen) atoms. The Labute approximate surface area is 94.5 Å². The molecule has 0 saturated heterocycles. The Morgan fingerprint density at radius 3 is 2.31 bits per heavy atom. The lowest BCUT2D eigenvalue weighted by Gasteiger charge is -2.05. The SMILES string of the molecule is CC(C)O[S@@](=O)c1ccc(I)cc1. The summed E-state index contributed by atoms with van der Waals surface area (Å²) >= 11 is 0.880. The average Bonchev–Trinajstić information content (AvgIpc) is 2.04. The molecule has 2 nitrogen and oxygen atoms in total. The molecule has 4 heteroatoms. The van der Waals surface area contributed by atoms with Crippen LogP contribution in [-0.4, -0.2) is 10.3 Å². The van der Waals surface area contributed by atoms with E-state index in [4.69, 9.17) is 4.18 Å². The average molecular weight is 310 g/mol. The first-order chi connectivity index (χ1) is 6.09. The van der Waals surface area contributed by atoms with E-state index in [1.54, 1.807) is 0 Å². The molecule has 0 aliphatic rings. The smallest absolute Gasteiger partial charge is 0.189 e. The molecule has 1 atom stereocenters. The molecule has 0 saturated carbocycles. The Bertz CT molecular complexity index is 295. The summed E-state index contributed by atoms with van der Waals surface area (Å²) in [6.07, 6.45) is -0.0138. The molecular weight excluding hydrogens is 299 g/mol. The zero-order valence-electron chi connectivity index (χ0n) is 7.49. The van der Waals surface area contributed by atoms with E-state index in [9.17, 15) is 4.21 Å². The van der Waals surface area contributed by atoms with Crippen molar-refractivity contribution in [3.05, 3.63) is 27.8 Å². The zero-order valence-corrected chi connectivity index (χ0v) is 10.5. The Hall–Kier alpha value is 0.0600. The third kappa shape index (κ3) is 3.74. The summed E-state index contributed by atoms with van der Waals surface area (Å²) in [5.74, 6) is 0. The van der Waals surface area contributed by atoms with E-state index in [2.05, 4.69) is 22.6 Å². The summed E-state index contributed by atoms with van der Waals surface area (Å²) in [4.78, 5) is 0.717. The number of hydrogen-bond acceptors (Lipinski definition) is 2. The van der Waals surface area contributed by atoms with E-state index < -0.39 is 11.1 Å². The van der Waals surface area contributed by atoms with Crippen LogP contribution >= 0.6 is 22.6 Å². The van der Waals surface area contributed by atoms with Crippen LogP contribution in [0.3, 0.4) is 0 Å². The predicted octanol–water partition coefficient (Wildman–Crippen LogP) is 2.74. The highest BCUT2D eigenvalue weighted by Crippen LogP contribution is 2.12. The van der Waals surface area contributed by atoms with Crippen LogP contribution in [-0.2, 0) is 15.3 Å². The van der Waals surface area contributed by atoms with E-state index in [1.807, 2.05) is 38.1 Å². The lowest BCUT2D eigenvalue weighted by atomic mass is 10.4. The molecule has 72 valence electrons. The van der Waals surface area contributed by atoms with Gasteiger partial charge in [-0.1, -0.05) is 0 Å². The lowest BCUT2D eigenvalue weighted by molar-refractivity contribution is 0.270. The topological polar surface area (TPSA) is 26.3 Å². The second-order valence-corrected chi connectivity index (χ2v) is 5.21. The van der Waals surface area contributed by atoms with Crippen molar-refractivity contribution < 1.29 is 8.39 Å². The van der Waals surface area contributed by atoms with Gasteiger partial charge in [0, 0.05) is 3.57 Å². The van der Waals surface area contributed by atoms with Gasteiger partial charge in [0.25, 0.3) is 0 Å². The minimum atomic E-state index is -1.33. The number of hydrogen-bond donors (Lipinski definition) is 0. The molecule has 0 amide bonds. The maximum Gasteiger partial charge on any atom is 0.189 e. The van der Waals surface area contributed by atoms with Crippen LogP contribution in [0.25, 0.3) is 0 Å². The first-order valence-corrected chi connectivity index (χ1v) is 6.09. The Balaban J connectivity index is 2.72. The maximum atomic E-state index is 11.5. The maximum absolute atomic E-state index is 11.5. The number of benzene rings is 1. The van der Waals surface area contributed by atoms with Crippen molar-refractivity contribution in [3.8, 4) is 0 Å². The minimum Gasteiger partial charge on any atom is -0.284 e. The molecule has 0 aliphatic heterocycles. The molecule has 0 radical (unpaired) electrons. The molecule has 0 fully saturated rings. The van der Waals surface area contributed by atoms with Crippen molar-refractivity contribution >= 4 is 33.7 Å². The molecule has 0 unspecified atom stereocenters. The van der Waals surface area contributed by atoms with E-state index in [0.717, 1.165) is 3.57 Å². The zero-order chi connectivity index (χ0) is 9.84. The van der Waals surface area contributed by atoms with Crippen molar-refractivity contribution in [1.29, 1.82) is 0 Å². The fourth-order valence-electron chi connectivity index (χ4n) is 0.776. The lowest BCUT2D eigenvalue weighted by Crippen LogP contribution is -2.05. The highest BCUT2D eigenvalue weighted by molar-refractivity contribution is 14.1. The molecule has 0 N–H and O–H groups in total. The molecular formula is C9H11IO2S. The van der Waals surface area contributed by atoms with E-state index in [1.165, 1.54) is 0 Å². The van der Waals surface area contributed by atoms with Crippen molar-refractivity contribution in [1.82, 2.24) is 0 Å². The predicted molar refractivity (Wildman–Crippen MR) is 61.8 cm³/mol. The van der Waals surface area contributed by atoms with Gasteiger partial charge in [0.15, 0.2) is 11.1 Å². The van der Waals surface area contributed by atoms with Gasteiger partial charge < -0.3 is 0 Å². The molecule has 1 aromatic rings. The number of halogens is 1. The van der Waals surface area contributed by atoms with Crippen molar-refractivity contribution in [2.24, 2.45) is 0 Å². The summed E-state index contributed by atoms with van der Waals surface area (Å²) in [7, 11) is 0. The molecule has 0 bridgehead atoms. The van der Waals surface area contributed by atoms with Gasteiger partial charge in [-0.15, -0.1) is 0 Å². The van der Waals surface area contributed by atoms with Crippen LogP contribution in [0, 0.1) is 3.57 Å². The van der Waals surface area contributed by atoms with Gasteiger partial charge in [0.05, 0.1) is 11.0 Å². The summed E-state index contributed by atoms with van der Waals surface area (Å²) in [5.41, 5.74) is 0. The summed E-state index contributed by atoms with van der Waals surface area (Å²) in [6, 6.07) is 7.47. The van der Waals surface area contributed by atoms with Gasteiger partial charge in [0.2, 0.25) is 0 Å². The van der Waals surface area contributed by atoms with E-state index >= 15 is 0 Å². The van der Waals surface area contributed by atoms with Crippen LogP contribution in [0.15, 0.2) is 29.2 Å². The third-order valence-corrected chi connectivity index (χ3v) is 3.22. The van der Waals surface area contributed by atoms with Crippen molar-refractivity contribution in [2.45, 2.75) is 24.8 Å². The molecule has 0 heterocycles. The van der Waals surface area contributed by atoms with Crippen LogP contribution in [0.4, 0.5) is 0 Å².